The standard InChI is InChI=1S/C17H25BrN2O/c1-20(16-5-8-21-9-6-16)17(12-19)7-4-13-10-15(18)3-2-14(13)11-17/h2-3,10,16H,4-9,11-12,19H2,1H3. The normalized spacial score (nSPS) is 26.9. The number of nitrogens with zero attached hydrogens (tertiary/aromatic N) is 1. The van der Waals surface area contributed by atoms with Gasteiger partial charge in [0.05, 0.1) is 0 Å². The summed E-state index contributed by atoms with van der Waals surface area (Å²) in [6.45, 7) is 2.51. The Kier molecular flexibility index (Phi) is 4.69. The monoisotopic (exact) mass is 352 g/mol. The summed E-state index contributed by atoms with van der Waals surface area (Å²) in [4.78, 5) is 2.57. The molecule has 1 saturated heterocycles. The van der Waals surface area contributed by atoms with Crippen molar-refractivity contribution in [1.82, 2.24) is 4.90 Å². The molecule has 21 heavy (non-hydrogen) atoms. The van der Waals surface area contributed by atoms with Crippen molar-refractivity contribution in [1.29, 1.82) is 0 Å². The highest BCUT2D eigenvalue weighted by atomic mass is 79.9. The molecule has 1 fully saturated rings. The predicted octanol–water partition coefficient (Wildman–Crippen LogP) is 2.75. The first-order valence-corrected chi connectivity index (χ1v) is 8.72. The summed E-state index contributed by atoms with van der Waals surface area (Å²) in [5, 5.41) is 0. The summed E-state index contributed by atoms with van der Waals surface area (Å²) < 4.78 is 6.69. The van der Waals surface area contributed by atoms with E-state index < -0.39 is 0 Å². The average Bonchev–Trinajstić information content (AvgIpc) is 2.54. The molecule has 0 radical (unpaired) electrons. The number of rotatable bonds is 3. The van der Waals surface area contributed by atoms with Crippen molar-refractivity contribution in [2.24, 2.45) is 5.73 Å². The first-order chi connectivity index (χ1) is 10.1. The van der Waals surface area contributed by atoms with E-state index in [1.54, 1.807) is 0 Å². The molecule has 0 bridgehead atoms. The zero-order valence-electron chi connectivity index (χ0n) is 12.8. The Morgan fingerprint density at radius 3 is 2.81 bits per heavy atom. The maximum Gasteiger partial charge on any atom is 0.0480 e. The molecule has 3 rings (SSSR count). The van der Waals surface area contributed by atoms with Crippen LogP contribution in [-0.4, -0.2) is 43.3 Å². The summed E-state index contributed by atoms with van der Waals surface area (Å²) in [6, 6.07) is 7.30. The van der Waals surface area contributed by atoms with Gasteiger partial charge in [-0.25, -0.2) is 0 Å². The summed E-state index contributed by atoms with van der Waals surface area (Å²) >= 11 is 3.58. The van der Waals surface area contributed by atoms with Crippen LogP contribution in [0.3, 0.4) is 0 Å². The summed E-state index contributed by atoms with van der Waals surface area (Å²) in [5.41, 5.74) is 9.31. The number of hydrogen-bond acceptors (Lipinski definition) is 3. The van der Waals surface area contributed by atoms with Crippen LogP contribution in [0.2, 0.25) is 0 Å². The third kappa shape index (κ3) is 3.04. The quantitative estimate of drug-likeness (QED) is 0.908. The zero-order chi connectivity index (χ0) is 14.9. The van der Waals surface area contributed by atoms with Gasteiger partial charge in [0.2, 0.25) is 0 Å². The van der Waals surface area contributed by atoms with Crippen molar-refractivity contribution in [3.05, 3.63) is 33.8 Å². The van der Waals surface area contributed by atoms with Gasteiger partial charge in [0.25, 0.3) is 0 Å². The van der Waals surface area contributed by atoms with E-state index >= 15 is 0 Å². The summed E-state index contributed by atoms with van der Waals surface area (Å²) in [5.74, 6) is 0. The van der Waals surface area contributed by atoms with Gasteiger partial charge in [0.1, 0.15) is 0 Å². The van der Waals surface area contributed by atoms with Gasteiger partial charge in [-0.2, -0.15) is 0 Å². The van der Waals surface area contributed by atoms with Crippen molar-refractivity contribution >= 4 is 15.9 Å². The molecular weight excluding hydrogens is 328 g/mol. The van der Waals surface area contributed by atoms with Gasteiger partial charge in [-0.1, -0.05) is 22.0 Å². The second-order valence-electron chi connectivity index (χ2n) is 6.47. The lowest BCUT2D eigenvalue weighted by atomic mass is 9.76. The number of fused-ring (bicyclic) bond motifs is 1. The van der Waals surface area contributed by atoms with E-state index in [1.165, 1.54) is 15.6 Å². The molecule has 0 spiro atoms. The fourth-order valence-electron chi connectivity index (χ4n) is 3.89. The first kappa shape index (κ1) is 15.5. The third-order valence-electron chi connectivity index (χ3n) is 5.41. The Morgan fingerprint density at radius 1 is 1.33 bits per heavy atom. The minimum absolute atomic E-state index is 0.114. The smallest absolute Gasteiger partial charge is 0.0480 e. The fourth-order valence-corrected chi connectivity index (χ4v) is 4.30. The molecule has 0 aromatic heterocycles. The van der Waals surface area contributed by atoms with Crippen LogP contribution in [0.4, 0.5) is 0 Å². The maximum atomic E-state index is 6.25. The maximum absolute atomic E-state index is 6.25. The molecule has 2 aliphatic rings. The number of halogens is 1. The van der Waals surface area contributed by atoms with Gasteiger partial charge in [0.15, 0.2) is 0 Å². The number of ether oxygens (including phenoxy) is 1. The molecule has 0 saturated carbocycles. The number of nitrogens with two attached hydrogens (primary N) is 1. The van der Waals surface area contributed by atoms with Gasteiger partial charge in [0, 0.05) is 35.8 Å². The van der Waals surface area contributed by atoms with Crippen LogP contribution in [0.25, 0.3) is 0 Å². The Labute approximate surface area is 136 Å². The van der Waals surface area contributed by atoms with E-state index in [1.807, 2.05) is 0 Å². The van der Waals surface area contributed by atoms with Crippen molar-refractivity contribution < 1.29 is 4.74 Å². The number of hydrogen-bond donors (Lipinski definition) is 1. The molecular formula is C17H25BrN2O. The molecule has 1 aliphatic heterocycles. The van der Waals surface area contributed by atoms with Crippen molar-refractivity contribution in [2.75, 3.05) is 26.8 Å². The molecule has 1 heterocycles. The van der Waals surface area contributed by atoms with Gasteiger partial charge in [-0.15, -0.1) is 0 Å². The minimum atomic E-state index is 0.114. The van der Waals surface area contributed by atoms with E-state index in [9.17, 15) is 0 Å². The van der Waals surface area contributed by atoms with Crippen molar-refractivity contribution in [3.63, 3.8) is 0 Å². The van der Waals surface area contributed by atoms with E-state index in [0.29, 0.717) is 6.04 Å². The van der Waals surface area contributed by atoms with E-state index in [2.05, 4.69) is 46.1 Å². The van der Waals surface area contributed by atoms with E-state index in [-0.39, 0.29) is 5.54 Å². The van der Waals surface area contributed by atoms with Gasteiger partial charge >= 0.3 is 0 Å². The highest BCUT2D eigenvalue weighted by Gasteiger charge is 2.40. The lowest BCUT2D eigenvalue weighted by molar-refractivity contribution is -0.00713. The Balaban J connectivity index is 1.82. The Morgan fingerprint density at radius 2 is 2.10 bits per heavy atom. The Bertz CT molecular complexity index is 502. The van der Waals surface area contributed by atoms with E-state index in [4.69, 9.17) is 10.5 Å². The van der Waals surface area contributed by atoms with Crippen LogP contribution < -0.4 is 5.73 Å². The second kappa shape index (κ2) is 6.37. The number of benzene rings is 1. The first-order valence-electron chi connectivity index (χ1n) is 7.93. The largest absolute Gasteiger partial charge is 0.381 e. The topological polar surface area (TPSA) is 38.5 Å². The highest BCUT2D eigenvalue weighted by Crippen LogP contribution is 2.35. The molecule has 1 unspecified atom stereocenters. The molecule has 1 atom stereocenters. The van der Waals surface area contributed by atoms with Crippen LogP contribution in [0.1, 0.15) is 30.4 Å². The molecule has 0 amide bonds. The van der Waals surface area contributed by atoms with Crippen LogP contribution in [-0.2, 0) is 17.6 Å². The predicted molar refractivity (Wildman–Crippen MR) is 89.6 cm³/mol. The molecule has 3 nitrogen and oxygen atoms in total. The molecule has 1 aliphatic carbocycles. The highest BCUT2D eigenvalue weighted by molar-refractivity contribution is 9.10. The van der Waals surface area contributed by atoms with Crippen LogP contribution in [0.5, 0.6) is 0 Å². The number of likely N-dealkylation sites (N-methyl/N-ethyl adjacent to an activating group) is 1. The van der Waals surface area contributed by atoms with Crippen LogP contribution in [0, 0.1) is 0 Å². The number of aryl methyl sites for hydroxylation is 1. The van der Waals surface area contributed by atoms with Crippen LogP contribution in [0.15, 0.2) is 22.7 Å². The molecule has 2 N–H and O–H groups in total. The molecule has 116 valence electrons. The van der Waals surface area contributed by atoms with E-state index in [0.717, 1.165) is 51.9 Å². The second-order valence-corrected chi connectivity index (χ2v) is 7.39. The summed E-state index contributed by atoms with van der Waals surface area (Å²) in [7, 11) is 2.27. The lowest BCUT2D eigenvalue weighted by Gasteiger charge is -2.49. The van der Waals surface area contributed by atoms with Crippen molar-refractivity contribution in [2.45, 2.75) is 43.7 Å². The fraction of sp³-hybridized carbons (Fsp3) is 0.647. The average molecular weight is 353 g/mol. The Hall–Kier alpha value is -0.420. The molecule has 1 aromatic carbocycles. The van der Waals surface area contributed by atoms with Gasteiger partial charge < -0.3 is 10.5 Å². The summed E-state index contributed by atoms with van der Waals surface area (Å²) in [6.07, 6.45) is 5.61. The third-order valence-corrected chi connectivity index (χ3v) is 5.91. The van der Waals surface area contributed by atoms with Gasteiger partial charge in [-0.05, 0) is 62.4 Å². The van der Waals surface area contributed by atoms with Crippen LogP contribution >= 0.6 is 15.9 Å². The SMILES string of the molecule is CN(C1CCOCC1)C1(CN)CCc2cc(Br)ccc2C1. The molecule has 1 aromatic rings. The minimum Gasteiger partial charge on any atom is -0.381 e. The van der Waals surface area contributed by atoms with Gasteiger partial charge in [-0.3, -0.25) is 4.90 Å². The molecule has 4 heteroatoms. The lowest BCUT2D eigenvalue weighted by Crippen LogP contribution is -2.59. The zero-order valence-corrected chi connectivity index (χ0v) is 14.4. The van der Waals surface area contributed by atoms with Crippen molar-refractivity contribution in [3.8, 4) is 0 Å².